The Balaban J connectivity index is 2.79. The van der Waals surface area contributed by atoms with Gasteiger partial charge in [0.15, 0.2) is 0 Å². The van der Waals surface area contributed by atoms with Crippen LogP contribution in [0.4, 0.5) is 0 Å². The fourth-order valence-electron chi connectivity index (χ4n) is 0.655. The van der Waals surface area contributed by atoms with Crippen LogP contribution in [0.15, 0.2) is 29.1 Å². The molecule has 0 aromatic carbocycles. The zero-order chi connectivity index (χ0) is 8.10. The molecule has 0 unspecified atom stereocenters. The maximum Gasteiger partial charge on any atom is 0.106 e. The van der Waals surface area contributed by atoms with Crippen molar-refractivity contribution in [3.8, 4) is 0 Å². The van der Waals surface area contributed by atoms with Crippen LogP contribution in [0.1, 0.15) is 5.69 Å². The van der Waals surface area contributed by atoms with Crippen molar-refractivity contribution in [1.29, 1.82) is 0 Å². The van der Waals surface area contributed by atoms with E-state index in [1.807, 2.05) is 18.2 Å². The summed E-state index contributed by atoms with van der Waals surface area (Å²) in [5.41, 5.74) is 0.876. The average molecular weight is 214 g/mol. The Kier molecular flexibility index (Phi) is 3.11. The Bertz CT molecular complexity index is 260. The first-order chi connectivity index (χ1) is 5.33. The molecule has 1 heterocycles. The lowest BCUT2D eigenvalue weighted by Crippen LogP contribution is -1.79. The number of nitrogens with zero attached hydrogens (tertiary/aromatic N) is 1. The third-order valence-corrected chi connectivity index (χ3v) is 1.55. The number of hydrogen-bond donors (Lipinski definition) is 0. The van der Waals surface area contributed by atoms with Crippen LogP contribution in [0, 0.1) is 0 Å². The smallest absolute Gasteiger partial charge is 0.106 e. The van der Waals surface area contributed by atoms with Gasteiger partial charge in [0.05, 0.1) is 19.1 Å². The van der Waals surface area contributed by atoms with Crippen molar-refractivity contribution in [2.24, 2.45) is 0 Å². The summed E-state index contributed by atoms with van der Waals surface area (Å²) in [4.78, 5) is 4.16. The largest absolute Gasteiger partial charge is 0.504 e. The monoisotopic (exact) mass is 213 g/mol. The minimum absolute atomic E-state index is 0.829. The van der Waals surface area contributed by atoms with E-state index in [0.29, 0.717) is 0 Å². The second-order valence-corrected chi connectivity index (χ2v) is 2.74. The van der Waals surface area contributed by atoms with Gasteiger partial charge in [0.2, 0.25) is 0 Å². The Morgan fingerprint density at radius 1 is 1.55 bits per heavy atom. The van der Waals surface area contributed by atoms with Crippen molar-refractivity contribution >= 4 is 22.0 Å². The minimum Gasteiger partial charge on any atom is -0.504 e. The number of ether oxygens (including phenoxy) is 1. The summed E-state index contributed by atoms with van der Waals surface area (Å²) in [5, 5.41) is 0. The van der Waals surface area contributed by atoms with Gasteiger partial charge in [-0.15, -0.1) is 0 Å². The lowest BCUT2D eigenvalue weighted by Gasteiger charge is -1.92. The number of methoxy groups -OCH3 is 1. The van der Waals surface area contributed by atoms with Crippen LogP contribution >= 0.6 is 15.9 Å². The van der Waals surface area contributed by atoms with Crippen LogP contribution in [-0.2, 0) is 4.74 Å². The van der Waals surface area contributed by atoms with E-state index in [4.69, 9.17) is 4.74 Å². The van der Waals surface area contributed by atoms with E-state index in [1.54, 1.807) is 19.4 Å². The molecule has 3 heteroatoms. The van der Waals surface area contributed by atoms with Crippen molar-refractivity contribution in [3.63, 3.8) is 0 Å². The third kappa shape index (κ3) is 2.72. The highest BCUT2D eigenvalue weighted by molar-refractivity contribution is 9.10. The second-order valence-electron chi connectivity index (χ2n) is 1.92. The van der Waals surface area contributed by atoms with Crippen molar-refractivity contribution in [1.82, 2.24) is 4.98 Å². The molecular formula is C8H8BrNO. The first-order valence-electron chi connectivity index (χ1n) is 3.15. The van der Waals surface area contributed by atoms with Crippen molar-refractivity contribution in [2.75, 3.05) is 7.11 Å². The topological polar surface area (TPSA) is 22.1 Å². The molecule has 0 aliphatic heterocycles. The van der Waals surface area contributed by atoms with Crippen LogP contribution < -0.4 is 0 Å². The van der Waals surface area contributed by atoms with Crippen LogP contribution in [0.25, 0.3) is 6.08 Å². The summed E-state index contributed by atoms with van der Waals surface area (Å²) < 4.78 is 5.58. The summed E-state index contributed by atoms with van der Waals surface area (Å²) in [6.07, 6.45) is 3.39. The minimum atomic E-state index is 0.829. The van der Waals surface area contributed by atoms with Crippen LogP contribution in [-0.4, -0.2) is 12.1 Å². The van der Waals surface area contributed by atoms with Gasteiger partial charge in [-0.05, 0) is 34.1 Å². The summed E-state index contributed by atoms with van der Waals surface area (Å²) in [5.74, 6) is 0. The number of pyridine rings is 1. The number of rotatable bonds is 2. The third-order valence-electron chi connectivity index (χ3n) is 1.11. The van der Waals surface area contributed by atoms with Gasteiger partial charge >= 0.3 is 0 Å². The molecular weight excluding hydrogens is 206 g/mol. The molecule has 1 aromatic rings. The Hall–Kier alpha value is -0.830. The molecule has 0 bridgehead atoms. The summed E-state index contributed by atoms with van der Waals surface area (Å²) in [6, 6.07) is 5.71. The fraction of sp³-hybridized carbons (Fsp3) is 0.125. The van der Waals surface area contributed by atoms with E-state index < -0.39 is 0 Å². The molecule has 0 atom stereocenters. The average Bonchev–Trinajstić information content (AvgIpc) is 2.01. The van der Waals surface area contributed by atoms with Gasteiger partial charge in [-0.3, -0.25) is 0 Å². The zero-order valence-electron chi connectivity index (χ0n) is 6.12. The Morgan fingerprint density at radius 3 is 3.00 bits per heavy atom. The first-order valence-corrected chi connectivity index (χ1v) is 3.94. The van der Waals surface area contributed by atoms with Crippen LogP contribution in [0.5, 0.6) is 0 Å². The van der Waals surface area contributed by atoms with Gasteiger partial charge in [0, 0.05) is 0 Å². The molecule has 0 aliphatic carbocycles. The molecule has 1 rings (SSSR count). The molecule has 0 N–H and O–H groups in total. The first kappa shape index (κ1) is 8.27. The summed E-state index contributed by atoms with van der Waals surface area (Å²) in [6.45, 7) is 0. The molecule has 0 aliphatic rings. The van der Waals surface area contributed by atoms with E-state index in [0.717, 1.165) is 10.3 Å². The van der Waals surface area contributed by atoms with Gasteiger partial charge in [-0.2, -0.15) is 0 Å². The van der Waals surface area contributed by atoms with E-state index >= 15 is 0 Å². The highest BCUT2D eigenvalue weighted by Gasteiger charge is 1.88. The maximum atomic E-state index is 4.75. The molecule has 1 aromatic heterocycles. The van der Waals surface area contributed by atoms with Gasteiger partial charge in [-0.25, -0.2) is 4.98 Å². The molecule has 2 nitrogen and oxygen atoms in total. The van der Waals surface area contributed by atoms with E-state index in [-0.39, 0.29) is 0 Å². The zero-order valence-corrected chi connectivity index (χ0v) is 7.71. The fourth-order valence-corrected chi connectivity index (χ4v) is 1.01. The molecule has 58 valence electrons. The Labute approximate surface area is 74.0 Å². The summed E-state index contributed by atoms with van der Waals surface area (Å²) in [7, 11) is 1.61. The van der Waals surface area contributed by atoms with E-state index in [1.165, 1.54) is 0 Å². The molecule has 0 spiro atoms. The van der Waals surface area contributed by atoms with Gasteiger partial charge in [0.1, 0.15) is 4.60 Å². The number of aromatic nitrogens is 1. The molecule has 0 fully saturated rings. The summed E-state index contributed by atoms with van der Waals surface area (Å²) >= 11 is 3.27. The van der Waals surface area contributed by atoms with Gasteiger partial charge in [0.25, 0.3) is 0 Å². The van der Waals surface area contributed by atoms with Crippen molar-refractivity contribution in [3.05, 3.63) is 34.8 Å². The van der Waals surface area contributed by atoms with Crippen molar-refractivity contribution < 1.29 is 4.74 Å². The van der Waals surface area contributed by atoms with Gasteiger partial charge in [-0.1, -0.05) is 6.07 Å². The Morgan fingerprint density at radius 2 is 2.36 bits per heavy atom. The molecule has 0 saturated carbocycles. The second kappa shape index (κ2) is 4.13. The van der Waals surface area contributed by atoms with Gasteiger partial charge < -0.3 is 4.74 Å². The van der Waals surface area contributed by atoms with Crippen molar-refractivity contribution in [2.45, 2.75) is 0 Å². The molecule has 0 saturated heterocycles. The lowest BCUT2D eigenvalue weighted by atomic mass is 10.3. The number of halogens is 1. The van der Waals surface area contributed by atoms with Crippen LogP contribution in [0.3, 0.4) is 0 Å². The molecule has 0 amide bonds. The highest BCUT2D eigenvalue weighted by Crippen LogP contribution is 2.06. The highest BCUT2D eigenvalue weighted by atomic mass is 79.9. The predicted octanol–water partition coefficient (Wildman–Crippen LogP) is 2.46. The molecule has 0 radical (unpaired) electrons. The quantitative estimate of drug-likeness (QED) is 0.557. The predicted molar refractivity (Wildman–Crippen MR) is 48.0 cm³/mol. The number of hydrogen-bond acceptors (Lipinski definition) is 2. The maximum absolute atomic E-state index is 4.75. The SMILES string of the molecule is CO/C=C/c1cccc(Br)n1. The van der Waals surface area contributed by atoms with E-state index in [2.05, 4.69) is 20.9 Å². The normalized spacial score (nSPS) is 10.4. The van der Waals surface area contributed by atoms with E-state index in [9.17, 15) is 0 Å². The van der Waals surface area contributed by atoms with Crippen LogP contribution in [0.2, 0.25) is 0 Å². The molecule has 11 heavy (non-hydrogen) atoms. The lowest BCUT2D eigenvalue weighted by molar-refractivity contribution is 0.341. The standard InChI is InChI=1S/C8H8BrNO/c1-11-6-5-7-3-2-4-8(9)10-7/h2-6H,1H3/b6-5+.